The standard InChI is InChI=1S/C15H17ClN2O2S/c1-15(2,3)14-7-5-11(21-14)9-17-13-8-10(18(19)20)4-6-12(13)16/h4-8,17H,9H2,1-3H3. The molecule has 112 valence electrons. The van der Waals surface area contributed by atoms with Crippen molar-refractivity contribution in [2.45, 2.75) is 32.7 Å². The second-order valence-corrected chi connectivity index (χ2v) is 7.37. The van der Waals surface area contributed by atoms with E-state index in [0.717, 1.165) is 0 Å². The van der Waals surface area contributed by atoms with E-state index in [2.05, 4.69) is 38.2 Å². The lowest BCUT2D eigenvalue weighted by atomic mass is 9.95. The Morgan fingerprint density at radius 1 is 1.29 bits per heavy atom. The van der Waals surface area contributed by atoms with Crippen LogP contribution in [0.2, 0.25) is 5.02 Å². The summed E-state index contributed by atoms with van der Waals surface area (Å²) in [6, 6.07) is 8.59. The first-order valence-corrected chi connectivity index (χ1v) is 7.74. The molecule has 0 bridgehead atoms. The van der Waals surface area contributed by atoms with Gasteiger partial charge in [0.1, 0.15) is 0 Å². The van der Waals surface area contributed by atoms with Crippen LogP contribution in [-0.4, -0.2) is 4.92 Å². The average molecular weight is 325 g/mol. The van der Waals surface area contributed by atoms with Gasteiger partial charge in [-0.05, 0) is 23.6 Å². The fourth-order valence-corrected chi connectivity index (χ4v) is 3.01. The molecular formula is C15H17ClN2O2S. The Kier molecular flexibility index (Phi) is 4.54. The van der Waals surface area contributed by atoms with Crippen molar-refractivity contribution in [2.75, 3.05) is 5.32 Å². The van der Waals surface area contributed by atoms with E-state index in [1.165, 1.54) is 28.0 Å². The van der Waals surface area contributed by atoms with Crippen molar-refractivity contribution in [1.82, 2.24) is 0 Å². The fraction of sp³-hybridized carbons (Fsp3) is 0.333. The minimum atomic E-state index is -0.426. The maximum Gasteiger partial charge on any atom is 0.271 e. The summed E-state index contributed by atoms with van der Waals surface area (Å²) in [7, 11) is 0. The van der Waals surface area contributed by atoms with Gasteiger partial charge in [0.05, 0.1) is 15.6 Å². The molecule has 0 saturated carbocycles. The lowest BCUT2D eigenvalue weighted by Gasteiger charge is -2.15. The molecule has 1 heterocycles. The first-order chi connectivity index (χ1) is 9.77. The molecule has 0 aliphatic heterocycles. The van der Waals surface area contributed by atoms with E-state index in [0.29, 0.717) is 17.3 Å². The minimum Gasteiger partial charge on any atom is -0.379 e. The number of nitrogens with one attached hydrogen (secondary N) is 1. The minimum absolute atomic E-state index is 0.0310. The molecule has 6 heteroatoms. The molecule has 1 aromatic carbocycles. The van der Waals surface area contributed by atoms with Crippen LogP contribution in [0, 0.1) is 10.1 Å². The number of rotatable bonds is 4. The smallest absolute Gasteiger partial charge is 0.271 e. The van der Waals surface area contributed by atoms with Crippen LogP contribution < -0.4 is 5.32 Å². The molecule has 0 unspecified atom stereocenters. The predicted molar refractivity (Wildman–Crippen MR) is 88.5 cm³/mol. The van der Waals surface area contributed by atoms with Gasteiger partial charge in [0.15, 0.2) is 0 Å². The van der Waals surface area contributed by atoms with Crippen molar-refractivity contribution in [3.63, 3.8) is 0 Å². The average Bonchev–Trinajstić information content (AvgIpc) is 2.86. The number of nitrogens with zero attached hydrogens (tertiary/aromatic N) is 1. The summed E-state index contributed by atoms with van der Waals surface area (Å²) in [6.07, 6.45) is 0. The van der Waals surface area contributed by atoms with Crippen molar-refractivity contribution in [3.05, 3.63) is 55.2 Å². The van der Waals surface area contributed by atoms with Crippen molar-refractivity contribution in [1.29, 1.82) is 0 Å². The van der Waals surface area contributed by atoms with Crippen LogP contribution in [0.3, 0.4) is 0 Å². The maximum atomic E-state index is 10.8. The molecule has 0 aliphatic carbocycles. The van der Waals surface area contributed by atoms with Crippen LogP contribution in [0.5, 0.6) is 0 Å². The van der Waals surface area contributed by atoms with Gasteiger partial charge in [0.25, 0.3) is 5.69 Å². The Labute approximate surface area is 132 Å². The van der Waals surface area contributed by atoms with Crippen LogP contribution in [0.15, 0.2) is 30.3 Å². The largest absolute Gasteiger partial charge is 0.379 e. The van der Waals surface area contributed by atoms with Gasteiger partial charge >= 0.3 is 0 Å². The van der Waals surface area contributed by atoms with Gasteiger partial charge in [-0.2, -0.15) is 0 Å². The third-order valence-electron chi connectivity index (χ3n) is 3.01. The molecule has 1 aromatic heterocycles. The number of thiophene rings is 1. The lowest BCUT2D eigenvalue weighted by Crippen LogP contribution is -2.07. The molecule has 0 spiro atoms. The zero-order chi connectivity index (χ0) is 15.6. The van der Waals surface area contributed by atoms with Gasteiger partial charge in [-0.15, -0.1) is 11.3 Å². The van der Waals surface area contributed by atoms with E-state index < -0.39 is 4.92 Å². The second kappa shape index (κ2) is 6.03. The Morgan fingerprint density at radius 3 is 2.57 bits per heavy atom. The zero-order valence-corrected chi connectivity index (χ0v) is 13.7. The predicted octanol–water partition coefficient (Wildman–Crippen LogP) is 5.22. The summed E-state index contributed by atoms with van der Waals surface area (Å²) in [5, 5.41) is 14.4. The maximum absolute atomic E-state index is 10.8. The van der Waals surface area contributed by atoms with Gasteiger partial charge < -0.3 is 5.32 Å². The van der Waals surface area contributed by atoms with E-state index in [-0.39, 0.29) is 11.1 Å². The van der Waals surface area contributed by atoms with Crippen molar-refractivity contribution >= 4 is 34.3 Å². The summed E-state index contributed by atoms with van der Waals surface area (Å²) >= 11 is 7.80. The Morgan fingerprint density at radius 2 is 2.00 bits per heavy atom. The molecule has 0 atom stereocenters. The number of anilines is 1. The lowest BCUT2D eigenvalue weighted by molar-refractivity contribution is -0.384. The number of nitro benzene ring substituents is 1. The van der Waals surface area contributed by atoms with E-state index in [1.807, 2.05) is 0 Å². The third-order valence-corrected chi connectivity index (χ3v) is 4.86. The summed E-state index contributed by atoms with van der Waals surface area (Å²) < 4.78 is 0. The summed E-state index contributed by atoms with van der Waals surface area (Å²) in [5.74, 6) is 0. The fourth-order valence-electron chi connectivity index (χ4n) is 1.82. The number of non-ortho nitro benzene ring substituents is 1. The Bertz CT molecular complexity index is 662. The Balaban J connectivity index is 2.11. The SMILES string of the molecule is CC(C)(C)c1ccc(CNc2cc([N+](=O)[O-])ccc2Cl)s1. The van der Waals surface area contributed by atoms with Gasteiger partial charge in [-0.25, -0.2) is 0 Å². The topological polar surface area (TPSA) is 55.2 Å². The van der Waals surface area contributed by atoms with Gasteiger partial charge in [-0.3, -0.25) is 10.1 Å². The van der Waals surface area contributed by atoms with Crippen LogP contribution in [-0.2, 0) is 12.0 Å². The number of halogens is 1. The van der Waals surface area contributed by atoms with Crippen LogP contribution in [0.25, 0.3) is 0 Å². The third kappa shape index (κ3) is 3.95. The molecule has 2 rings (SSSR count). The van der Waals surface area contributed by atoms with E-state index in [9.17, 15) is 10.1 Å². The Hall–Kier alpha value is -1.59. The highest BCUT2D eigenvalue weighted by molar-refractivity contribution is 7.12. The molecule has 21 heavy (non-hydrogen) atoms. The van der Waals surface area contributed by atoms with Gasteiger partial charge in [0, 0.05) is 28.4 Å². The first kappa shape index (κ1) is 15.8. The van der Waals surface area contributed by atoms with Crippen LogP contribution >= 0.6 is 22.9 Å². The van der Waals surface area contributed by atoms with Crippen molar-refractivity contribution in [2.24, 2.45) is 0 Å². The molecular weight excluding hydrogens is 308 g/mol. The molecule has 0 saturated heterocycles. The highest BCUT2D eigenvalue weighted by atomic mass is 35.5. The molecule has 0 fully saturated rings. The van der Waals surface area contributed by atoms with E-state index in [1.54, 1.807) is 11.3 Å². The highest BCUT2D eigenvalue weighted by Crippen LogP contribution is 2.31. The van der Waals surface area contributed by atoms with Crippen LogP contribution in [0.1, 0.15) is 30.5 Å². The number of hydrogen-bond acceptors (Lipinski definition) is 4. The number of nitro groups is 1. The zero-order valence-electron chi connectivity index (χ0n) is 12.1. The molecule has 1 N–H and O–H groups in total. The normalized spacial score (nSPS) is 11.4. The monoisotopic (exact) mass is 324 g/mol. The quantitative estimate of drug-likeness (QED) is 0.619. The van der Waals surface area contributed by atoms with Crippen LogP contribution in [0.4, 0.5) is 11.4 Å². The van der Waals surface area contributed by atoms with E-state index in [4.69, 9.17) is 11.6 Å². The number of benzene rings is 1. The molecule has 0 radical (unpaired) electrons. The molecule has 4 nitrogen and oxygen atoms in total. The first-order valence-electron chi connectivity index (χ1n) is 6.54. The second-order valence-electron chi connectivity index (χ2n) is 5.79. The van der Waals surface area contributed by atoms with Gasteiger partial charge in [0.2, 0.25) is 0 Å². The summed E-state index contributed by atoms with van der Waals surface area (Å²) in [4.78, 5) is 12.8. The van der Waals surface area contributed by atoms with E-state index >= 15 is 0 Å². The van der Waals surface area contributed by atoms with Crippen molar-refractivity contribution < 1.29 is 4.92 Å². The van der Waals surface area contributed by atoms with Crippen molar-refractivity contribution in [3.8, 4) is 0 Å². The number of hydrogen-bond donors (Lipinski definition) is 1. The summed E-state index contributed by atoms with van der Waals surface area (Å²) in [6.45, 7) is 7.12. The molecule has 0 amide bonds. The molecule has 0 aliphatic rings. The summed E-state index contributed by atoms with van der Waals surface area (Å²) in [5.41, 5.74) is 0.742. The van der Waals surface area contributed by atoms with Gasteiger partial charge in [-0.1, -0.05) is 32.4 Å². The molecule has 2 aromatic rings. The highest BCUT2D eigenvalue weighted by Gasteiger charge is 2.16.